The Hall–Kier alpha value is -3.93. The second kappa shape index (κ2) is 9.26. The molecule has 31 heavy (non-hydrogen) atoms. The average Bonchev–Trinajstić information content (AvgIpc) is 2.82. The van der Waals surface area contributed by atoms with E-state index in [1.165, 1.54) is 4.68 Å². The van der Waals surface area contributed by atoms with Gasteiger partial charge < -0.3 is 9.47 Å². The summed E-state index contributed by atoms with van der Waals surface area (Å²) in [6, 6.07) is 24.1. The SMILES string of the molecule is COc1ccc(CCOC(=O)c2nn(Cc3ccccc3)c(=O)c3ccccc23)cc1. The Kier molecular flexibility index (Phi) is 6.08. The van der Waals surface area contributed by atoms with Gasteiger partial charge in [-0.05, 0) is 29.3 Å². The number of fused-ring (bicyclic) bond motifs is 1. The first kappa shape index (κ1) is 20.3. The quantitative estimate of drug-likeness (QED) is 0.430. The van der Waals surface area contributed by atoms with Crippen LogP contribution in [0.3, 0.4) is 0 Å². The summed E-state index contributed by atoms with van der Waals surface area (Å²) in [6.07, 6.45) is 0.567. The molecule has 0 atom stereocenters. The Bertz CT molecular complexity index is 1250. The largest absolute Gasteiger partial charge is 0.497 e. The van der Waals surface area contributed by atoms with Crippen molar-refractivity contribution in [3.8, 4) is 5.75 Å². The molecule has 1 aromatic heterocycles. The lowest BCUT2D eigenvalue weighted by molar-refractivity contribution is 0.0502. The third-order valence-corrected chi connectivity index (χ3v) is 5.02. The molecule has 0 aliphatic heterocycles. The maximum Gasteiger partial charge on any atom is 0.359 e. The maximum atomic E-state index is 12.9. The van der Waals surface area contributed by atoms with Gasteiger partial charge in [-0.15, -0.1) is 0 Å². The van der Waals surface area contributed by atoms with Crippen LogP contribution in [-0.4, -0.2) is 29.5 Å². The zero-order valence-electron chi connectivity index (χ0n) is 17.2. The van der Waals surface area contributed by atoms with Crippen molar-refractivity contribution >= 4 is 16.7 Å². The topological polar surface area (TPSA) is 70.4 Å². The summed E-state index contributed by atoms with van der Waals surface area (Å²) in [5, 5.41) is 5.29. The van der Waals surface area contributed by atoms with Crippen LogP contribution in [0.15, 0.2) is 83.7 Å². The van der Waals surface area contributed by atoms with Gasteiger partial charge in [0.25, 0.3) is 5.56 Å². The normalized spacial score (nSPS) is 10.7. The third kappa shape index (κ3) is 4.64. The summed E-state index contributed by atoms with van der Waals surface area (Å²) in [5.41, 5.74) is 1.85. The van der Waals surface area contributed by atoms with E-state index >= 15 is 0 Å². The van der Waals surface area contributed by atoms with Gasteiger partial charge >= 0.3 is 5.97 Å². The molecule has 3 aromatic carbocycles. The Balaban J connectivity index is 1.57. The summed E-state index contributed by atoms with van der Waals surface area (Å²) in [7, 11) is 1.62. The van der Waals surface area contributed by atoms with Crippen LogP contribution in [0.5, 0.6) is 5.75 Å². The highest BCUT2D eigenvalue weighted by Gasteiger charge is 2.18. The number of carbonyl (C=O) groups is 1. The Morgan fingerprint density at radius 3 is 2.26 bits per heavy atom. The molecule has 0 fully saturated rings. The number of ether oxygens (including phenoxy) is 2. The van der Waals surface area contributed by atoms with E-state index in [0.717, 1.165) is 16.9 Å². The van der Waals surface area contributed by atoms with Gasteiger partial charge in [0, 0.05) is 11.8 Å². The van der Waals surface area contributed by atoms with Crippen LogP contribution in [0.4, 0.5) is 0 Å². The molecule has 0 aliphatic carbocycles. The van der Waals surface area contributed by atoms with Crippen molar-refractivity contribution in [1.29, 1.82) is 0 Å². The van der Waals surface area contributed by atoms with Gasteiger partial charge in [0.15, 0.2) is 5.69 Å². The number of nitrogens with zero attached hydrogens (tertiary/aromatic N) is 2. The molecule has 0 spiro atoms. The Morgan fingerprint density at radius 2 is 1.55 bits per heavy atom. The highest BCUT2D eigenvalue weighted by Crippen LogP contribution is 2.16. The van der Waals surface area contributed by atoms with Gasteiger partial charge in [0.05, 0.1) is 25.6 Å². The van der Waals surface area contributed by atoms with E-state index in [-0.39, 0.29) is 24.4 Å². The first-order valence-corrected chi connectivity index (χ1v) is 9.99. The molecule has 4 rings (SSSR count). The van der Waals surface area contributed by atoms with Crippen LogP contribution in [0.2, 0.25) is 0 Å². The monoisotopic (exact) mass is 414 g/mol. The van der Waals surface area contributed by atoms with Crippen LogP contribution in [0.1, 0.15) is 21.6 Å². The van der Waals surface area contributed by atoms with Crippen molar-refractivity contribution in [3.05, 3.63) is 106 Å². The molecule has 0 aliphatic rings. The van der Waals surface area contributed by atoms with E-state index in [0.29, 0.717) is 17.2 Å². The van der Waals surface area contributed by atoms with E-state index in [1.807, 2.05) is 54.6 Å². The van der Waals surface area contributed by atoms with Gasteiger partial charge in [-0.25, -0.2) is 9.48 Å². The zero-order chi connectivity index (χ0) is 21.6. The summed E-state index contributed by atoms with van der Waals surface area (Å²) >= 11 is 0. The number of benzene rings is 3. The standard InChI is InChI=1S/C25H22N2O4/c1-30-20-13-11-18(12-14-20)15-16-31-25(29)23-21-9-5-6-10-22(21)24(28)27(26-23)17-19-7-3-2-4-8-19/h2-14H,15-17H2,1H3. The molecule has 156 valence electrons. The summed E-state index contributed by atoms with van der Waals surface area (Å²) in [5.74, 6) is 0.226. The first-order chi connectivity index (χ1) is 15.2. The van der Waals surface area contributed by atoms with E-state index in [2.05, 4.69) is 5.10 Å². The van der Waals surface area contributed by atoms with E-state index in [1.54, 1.807) is 31.4 Å². The lowest BCUT2D eigenvalue weighted by Crippen LogP contribution is -2.27. The van der Waals surface area contributed by atoms with E-state index in [9.17, 15) is 9.59 Å². The third-order valence-electron chi connectivity index (χ3n) is 5.02. The van der Waals surface area contributed by atoms with Crippen molar-refractivity contribution in [2.24, 2.45) is 0 Å². The highest BCUT2D eigenvalue weighted by molar-refractivity contribution is 6.02. The number of hydrogen-bond donors (Lipinski definition) is 0. The van der Waals surface area contributed by atoms with Crippen molar-refractivity contribution in [1.82, 2.24) is 9.78 Å². The smallest absolute Gasteiger partial charge is 0.359 e. The summed E-state index contributed by atoms with van der Waals surface area (Å²) < 4.78 is 12.0. The predicted molar refractivity (Wildman–Crippen MR) is 119 cm³/mol. The molecule has 1 heterocycles. The lowest BCUT2D eigenvalue weighted by atomic mass is 10.1. The minimum absolute atomic E-state index is 0.140. The molecule has 0 saturated heterocycles. The number of rotatable bonds is 7. The molecular weight excluding hydrogens is 392 g/mol. The average molecular weight is 414 g/mol. The summed E-state index contributed by atoms with van der Waals surface area (Å²) in [6.45, 7) is 0.482. The van der Waals surface area contributed by atoms with Crippen molar-refractivity contribution in [2.75, 3.05) is 13.7 Å². The molecule has 0 radical (unpaired) electrons. The Morgan fingerprint density at radius 1 is 0.871 bits per heavy atom. The van der Waals surface area contributed by atoms with Gasteiger partial charge in [-0.1, -0.05) is 60.7 Å². The second-order valence-electron chi connectivity index (χ2n) is 7.08. The molecule has 6 nitrogen and oxygen atoms in total. The highest BCUT2D eigenvalue weighted by atomic mass is 16.5. The van der Waals surface area contributed by atoms with Gasteiger partial charge in [-0.2, -0.15) is 5.10 Å². The van der Waals surface area contributed by atoms with E-state index in [4.69, 9.17) is 9.47 Å². The van der Waals surface area contributed by atoms with Gasteiger partial charge in [0.1, 0.15) is 5.75 Å². The predicted octanol–water partition coefficient (Wildman–Crippen LogP) is 3.85. The molecule has 6 heteroatoms. The number of hydrogen-bond acceptors (Lipinski definition) is 5. The summed E-state index contributed by atoms with van der Waals surface area (Å²) in [4.78, 5) is 25.7. The van der Waals surface area contributed by atoms with E-state index < -0.39 is 5.97 Å². The molecule has 4 aromatic rings. The molecule has 0 N–H and O–H groups in total. The minimum Gasteiger partial charge on any atom is -0.497 e. The fraction of sp³-hybridized carbons (Fsp3) is 0.160. The first-order valence-electron chi connectivity index (χ1n) is 9.99. The van der Waals surface area contributed by atoms with Crippen molar-refractivity contribution in [2.45, 2.75) is 13.0 Å². The minimum atomic E-state index is -0.550. The molecule has 0 amide bonds. The van der Waals surface area contributed by atoms with Crippen molar-refractivity contribution < 1.29 is 14.3 Å². The van der Waals surface area contributed by atoms with Gasteiger partial charge in [0.2, 0.25) is 0 Å². The van der Waals surface area contributed by atoms with Crippen molar-refractivity contribution in [3.63, 3.8) is 0 Å². The molecular formula is C25H22N2O4. The molecule has 0 saturated carbocycles. The second-order valence-corrected chi connectivity index (χ2v) is 7.08. The number of methoxy groups -OCH3 is 1. The van der Waals surface area contributed by atoms with Crippen LogP contribution in [0, 0.1) is 0 Å². The van der Waals surface area contributed by atoms with Crippen LogP contribution in [0.25, 0.3) is 10.8 Å². The van der Waals surface area contributed by atoms with Crippen LogP contribution in [-0.2, 0) is 17.7 Å². The Labute approximate surface area is 179 Å². The van der Waals surface area contributed by atoms with Crippen LogP contribution >= 0.6 is 0 Å². The lowest BCUT2D eigenvalue weighted by Gasteiger charge is -2.11. The number of carbonyl (C=O) groups excluding carboxylic acids is 1. The molecule has 0 unspecified atom stereocenters. The number of esters is 1. The van der Waals surface area contributed by atoms with Gasteiger partial charge in [-0.3, -0.25) is 4.79 Å². The van der Waals surface area contributed by atoms with Crippen LogP contribution < -0.4 is 10.3 Å². The fourth-order valence-corrected chi connectivity index (χ4v) is 3.37. The number of aromatic nitrogens is 2. The molecule has 0 bridgehead atoms. The fourth-order valence-electron chi connectivity index (χ4n) is 3.37. The zero-order valence-corrected chi connectivity index (χ0v) is 17.2. The maximum absolute atomic E-state index is 12.9.